The fourth-order valence-corrected chi connectivity index (χ4v) is 1.99. The van der Waals surface area contributed by atoms with Crippen molar-refractivity contribution in [2.75, 3.05) is 31.9 Å². The predicted octanol–water partition coefficient (Wildman–Crippen LogP) is 1.98. The van der Waals surface area contributed by atoms with Crippen molar-refractivity contribution >= 4 is 17.3 Å². The highest BCUT2D eigenvalue weighted by atomic mass is 16.5. The predicted molar refractivity (Wildman–Crippen MR) is 81.7 cm³/mol. The number of ether oxygens (including phenoxy) is 2. The van der Waals surface area contributed by atoms with Gasteiger partial charge < -0.3 is 25.1 Å². The van der Waals surface area contributed by atoms with E-state index in [0.717, 1.165) is 0 Å². The zero-order valence-corrected chi connectivity index (χ0v) is 12.1. The second-order valence-electron chi connectivity index (χ2n) is 4.49. The Bertz CT molecular complexity index is 622. The first-order chi connectivity index (χ1) is 10.2. The monoisotopic (exact) mass is 289 g/mol. The van der Waals surface area contributed by atoms with Crippen molar-refractivity contribution in [3.63, 3.8) is 0 Å². The molecule has 0 aliphatic rings. The molecule has 2 rings (SSSR count). The summed E-state index contributed by atoms with van der Waals surface area (Å²) < 4.78 is 12.0. The lowest BCUT2D eigenvalue weighted by molar-refractivity contribution is 0.101. The van der Waals surface area contributed by atoms with E-state index >= 15 is 0 Å². The Morgan fingerprint density at radius 3 is 2.86 bits per heavy atom. The van der Waals surface area contributed by atoms with Crippen LogP contribution >= 0.6 is 0 Å². The summed E-state index contributed by atoms with van der Waals surface area (Å²) >= 11 is 0. The number of nitrogen functional groups attached to an aromatic ring is 1. The third-order valence-corrected chi connectivity index (χ3v) is 3.09. The standard InChI is InChI=1S/C15H19N3O3/c1-20-9-8-18-7-3-4-13(18)15(19)17-11-5-6-12(16)14(10-11)21-2/h3-7,10H,8-9,16H2,1-2H3,(H,17,19). The fraction of sp³-hybridized carbons (Fsp3) is 0.267. The Morgan fingerprint density at radius 2 is 2.14 bits per heavy atom. The molecule has 6 nitrogen and oxygen atoms in total. The van der Waals surface area contributed by atoms with Crippen LogP contribution in [0.3, 0.4) is 0 Å². The molecule has 112 valence electrons. The third-order valence-electron chi connectivity index (χ3n) is 3.09. The normalized spacial score (nSPS) is 10.4. The molecule has 0 aliphatic carbocycles. The molecule has 0 fully saturated rings. The van der Waals surface area contributed by atoms with Gasteiger partial charge in [0, 0.05) is 31.6 Å². The van der Waals surface area contributed by atoms with Gasteiger partial charge in [0.15, 0.2) is 0 Å². The lowest BCUT2D eigenvalue weighted by Crippen LogP contribution is -2.18. The first kappa shape index (κ1) is 14.9. The van der Waals surface area contributed by atoms with Crippen molar-refractivity contribution in [3.05, 3.63) is 42.2 Å². The summed E-state index contributed by atoms with van der Waals surface area (Å²) in [7, 11) is 3.16. The summed E-state index contributed by atoms with van der Waals surface area (Å²) in [5.74, 6) is 0.338. The summed E-state index contributed by atoms with van der Waals surface area (Å²) in [6.07, 6.45) is 1.84. The minimum absolute atomic E-state index is 0.192. The van der Waals surface area contributed by atoms with Gasteiger partial charge in [-0.2, -0.15) is 0 Å². The number of hydrogen-bond acceptors (Lipinski definition) is 4. The lowest BCUT2D eigenvalue weighted by Gasteiger charge is -2.11. The van der Waals surface area contributed by atoms with Gasteiger partial charge in [0.1, 0.15) is 11.4 Å². The van der Waals surface area contributed by atoms with Gasteiger partial charge in [-0.15, -0.1) is 0 Å². The van der Waals surface area contributed by atoms with Crippen molar-refractivity contribution in [2.45, 2.75) is 6.54 Å². The molecule has 3 N–H and O–H groups in total. The molecule has 6 heteroatoms. The van der Waals surface area contributed by atoms with Crippen molar-refractivity contribution in [1.82, 2.24) is 4.57 Å². The Labute approximate surface area is 123 Å². The van der Waals surface area contributed by atoms with Gasteiger partial charge in [-0.05, 0) is 24.3 Å². The topological polar surface area (TPSA) is 78.5 Å². The molecule has 0 saturated carbocycles. The summed E-state index contributed by atoms with van der Waals surface area (Å²) in [5, 5.41) is 2.83. The second kappa shape index (κ2) is 6.81. The number of aromatic nitrogens is 1. The molecular weight excluding hydrogens is 270 g/mol. The minimum atomic E-state index is -0.192. The average molecular weight is 289 g/mol. The van der Waals surface area contributed by atoms with E-state index < -0.39 is 0 Å². The number of methoxy groups -OCH3 is 2. The molecule has 1 aromatic carbocycles. The van der Waals surface area contributed by atoms with Gasteiger partial charge in [-0.1, -0.05) is 0 Å². The van der Waals surface area contributed by atoms with Crippen molar-refractivity contribution in [1.29, 1.82) is 0 Å². The zero-order chi connectivity index (χ0) is 15.2. The van der Waals surface area contributed by atoms with E-state index in [1.54, 1.807) is 31.4 Å². The molecule has 0 bridgehead atoms. The molecule has 0 unspecified atom stereocenters. The van der Waals surface area contributed by atoms with E-state index in [4.69, 9.17) is 15.2 Å². The Kier molecular flexibility index (Phi) is 4.84. The Balaban J connectivity index is 2.13. The number of rotatable bonds is 6. The number of amides is 1. The maximum Gasteiger partial charge on any atom is 0.272 e. The van der Waals surface area contributed by atoms with E-state index in [1.165, 1.54) is 7.11 Å². The highest BCUT2D eigenvalue weighted by molar-refractivity contribution is 6.03. The molecular formula is C15H19N3O3. The number of anilines is 2. The molecule has 1 heterocycles. The van der Waals surface area contributed by atoms with Gasteiger partial charge in [0.05, 0.1) is 19.4 Å². The number of nitrogens with zero attached hydrogens (tertiary/aromatic N) is 1. The molecule has 0 spiro atoms. The summed E-state index contributed by atoms with van der Waals surface area (Å²) in [4.78, 5) is 12.3. The first-order valence-electron chi connectivity index (χ1n) is 6.54. The van der Waals surface area contributed by atoms with Crippen molar-refractivity contribution < 1.29 is 14.3 Å². The molecule has 0 saturated heterocycles. The van der Waals surface area contributed by atoms with Crippen LogP contribution in [0, 0.1) is 0 Å². The van der Waals surface area contributed by atoms with Crippen LogP contribution in [0.15, 0.2) is 36.5 Å². The van der Waals surface area contributed by atoms with E-state index in [1.807, 2.05) is 16.8 Å². The second-order valence-corrected chi connectivity index (χ2v) is 4.49. The quantitative estimate of drug-likeness (QED) is 0.797. The number of benzene rings is 1. The number of carbonyl (C=O) groups excluding carboxylic acids is 1. The lowest BCUT2D eigenvalue weighted by atomic mass is 10.2. The Morgan fingerprint density at radius 1 is 1.33 bits per heavy atom. The Hall–Kier alpha value is -2.47. The van der Waals surface area contributed by atoms with E-state index in [2.05, 4.69) is 5.32 Å². The van der Waals surface area contributed by atoms with Crippen LogP contribution in [0.2, 0.25) is 0 Å². The number of nitrogens with one attached hydrogen (secondary N) is 1. The van der Waals surface area contributed by atoms with Crippen LogP contribution < -0.4 is 15.8 Å². The van der Waals surface area contributed by atoms with Crippen molar-refractivity contribution in [2.24, 2.45) is 0 Å². The van der Waals surface area contributed by atoms with Crippen LogP contribution in [-0.2, 0) is 11.3 Å². The van der Waals surface area contributed by atoms with Gasteiger partial charge in [-0.3, -0.25) is 4.79 Å². The molecule has 1 aromatic heterocycles. The SMILES string of the molecule is COCCn1cccc1C(=O)Nc1ccc(N)c(OC)c1. The number of hydrogen-bond donors (Lipinski definition) is 2. The summed E-state index contributed by atoms with van der Waals surface area (Å²) in [6.45, 7) is 1.17. The van der Waals surface area contributed by atoms with Gasteiger partial charge in [0.25, 0.3) is 5.91 Å². The zero-order valence-electron chi connectivity index (χ0n) is 12.1. The molecule has 2 aromatic rings. The molecule has 0 aliphatic heterocycles. The smallest absolute Gasteiger partial charge is 0.272 e. The van der Waals surface area contributed by atoms with Gasteiger partial charge in [0.2, 0.25) is 0 Å². The maximum absolute atomic E-state index is 12.3. The minimum Gasteiger partial charge on any atom is -0.495 e. The summed E-state index contributed by atoms with van der Waals surface area (Å²) in [6, 6.07) is 8.71. The average Bonchev–Trinajstić information content (AvgIpc) is 2.95. The third kappa shape index (κ3) is 3.55. The van der Waals surface area contributed by atoms with Gasteiger partial charge >= 0.3 is 0 Å². The van der Waals surface area contributed by atoms with Crippen LogP contribution in [0.25, 0.3) is 0 Å². The fourth-order valence-electron chi connectivity index (χ4n) is 1.99. The summed E-state index contributed by atoms with van der Waals surface area (Å²) in [5.41, 5.74) is 7.48. The van der Waals surface area contributed by atoms with Crippen LogP contribution in [0.1, 0.15) is 10.5 Å². The van der Waals surface area contributed by atoms with Gasteiger partial charge in [-0.25, -0.2) is 0 Å². The van der Waals surface area contributed by atoms with Crippen LogP contribution in [0.5, 0.6) is 5.75 Å². The van der Waals surface area contributed by atoms with Crippen LogP contribution in [-0.4, -0.2) is 31.3 Å². The molecule has 21 heavy (non-hydrogen) atoms. The molecule has 1 amide bonds. The highest BCUT2D eigenvalue weighted by Crippen LogP contribution is 2.25. The molecule has 0 atom stereocenters. The number of carbonyl (C=O) groups is 1. The largest absolute Gasteiger partial charge is 0.495 e. The first-order valence-corrected chi connectivity index (χ1v) is 6.54. The van der Waals surface area contributed by atoms with E-state index in [-0.39, 0.29) is 5.91 Å². The maximum atomic E-state index is 12.3. The number of nitrogens with two attached hydrogens (primary N) is 1. The highest BCUT2D eigenvalue weighted by Gasteiger charge is 2.11. The van der Waals surface area contributed by atoms with Crippen LogP contribution in [0.4, 0.5) is 11.4 Å². The van der Waals surface area contributed by atoms with Crippen molar-refractivity contribution in [3.8, 4) is 5.75 Å². The molecule has 0 radical (unpaired) electrons. The van der Waals surface area contributed by atoms with E-state index in [0.29, 0.717) is 36.0 Å². The van der Waals surface area contributed by atoms with E-state index in [9.17, 15) is 4.79 Å².